The number of imidazole rings is 1. The molecule has 0 spiro atoms. The second-order valence-corrected chi connectivity index (χ2v) is 7.51. The van der Waals surface area contributed by atoms with Crippen molar-refractivity contribution in [2.24, 2.45) is 0 Å². The zero-order valence-electron chi connectivity index (χ0n) is 18.0. The summed E-state index contributed by atoms with van der Waals surface area (Å²) in [7, 11) is 1.67. The van der Waals surface area contributed by atoms with E-state index in [0.717, 1.165) is 54.2 Å². The first-order chi connectivity index (χ1) is 15.3. The fraction of sp³-hybridized carbons (Fsp3) is 0.222. The average molecular weight is 413 g/mol. The second kappa shape index (κ2) is 9.98. The van der Waals surface area contributed by atoms with E-state index < -0.39 is 0 Å². The van der Waals surface area contributed by atoms with E-state index in [9.17, 15) is 0 Å². The molecule has 0 radical (unpaired) electrons. The van der Waals surface area contributed by atoms with Crippen LogP contribution in [0.1, 0.15) is 23.4 Å². The number of aryl methyl sites for hydroxylation is 1. The van der Waals surface area contributed by atoms with Crippen molar-refractivity contribution in [2.75, 3.05) is 13.7 Å². The Morgan fingerprint density at radius 3 is 2.55 bits per heavy atom. The maximum absolute atomic E-state index is 6.05. The van der Waals surface area contributed by atoms with Crippen molar-refractivity contribution in [1.29, 1.82) is 0 Å². The fourth-order valence-electron chi connectivity index (χ4n) is 3.82. The maximum atomic E-state index is 6.05. The molecule has 0 saturated carbocycles. The van der Waals surface area contributed by atoms with Crippen molar-refractivity contribution in [2.45, 2.75) is 25.8 Å². The minimum Gasteiger partial charge on any atom is -0.493 e. The molecule has 31 heavy (non-hydrogen) atoms. The third-order valence-corrected chi connectivity index (χ3v) is 5.33. The summed E-state index contributed by atoms with van der Waals surface area (Å²) in [6.07, 6.45) is 4.39. The molecule has 4 rings (SSSR count). The lowest BCUT2D eigenvalue weighted by atomic mass is 10.1. The number of allylic oxidation sites excluding steroid dienone is 1. The minimum absolute atomic E-state index is 0.606. The smallest absolute Gasteiger partial charge is 0.161 e. The molecule has 1 aromatic heterocycles. The summed E-state index contributed by atoms with van der Waals surface area (Å²) in [6, 6.07) is 24.9. The van der Waals surface area contributed by atoms with Crippen LogP contribution in [-0.2, 0) is 19.4 Å². The highest BCUT2D eigenvalue weighted by Gasteiger charge is 2.11. The first-order valence-electron chi connectivity index (χ1n) is 10.7. The Morgan fingerprint density at radius 2 is 1.74 bits per heavy atom. The van der Waals surface area contributed by atoms with Gasteiger partial charge in [0.15, 0.2) is 11.5 Å². The molecule has 0 N–H and O–H groups in total. The summed E-state index contributed by atoms with van der Waals surface area (Å²) < 4.78 is 13.9. The van der Waals surface area contributed by atoms with Crippen molar-refractivity contribution in [3.8, 4) is 11.5 Å². The number of fused-ring (bicyclic) bond motifs is 1. The van der Waals surface area contributed by atoms with Crippen molar-refractivity contribution in [3.63, 3.8) is 0 Å². The van der Waals surface area contributed by atoms with Crippen LogP contribution in [0.4, 0.5) is 0 Å². The van der Waals surface area contributed by atoms with Crippen LogP contribution in [0, 0.1) is 0 Å². The van der Waals surface area contributed by atoms with Crippen LogP contribution in [0.2, 0.25) is 0 Å². The van der Waals surface area contributed by atoms with E-state index in [1.807, 2.05) is 30.3 Å². The Bertz CT molecular complexity index is 1150. The predicted molar refractivity (Wildman–Crippen MR) is 126 cm³/mol. The fourth-order valence-corrected chi connectivity index (χ4v) is 3.82. The minimum atomic E-state index is 0.606. The van der Waals surface area contributed by atoms with E-state index in [4.69, 9.17) is 14.5 Å². The van der Waals surface area contributed by atoms with Gasteiger partial charge in [-0.3, -0.25) is 0 Å². The Kier molecular flexibility index (Phi) is 6.68. The molecule has 0 aliphatic carbocycles. The van der Waals surface area contributed by atoms with Crippen molar-refractivity contribution >= 4 is 11.0 Å². The molecule has 0 bridgehead atoms. The van der Waals surface area contributed by atoms with Gasteiger partial charge >= 0.3 is 0 Å². The van der Waals surface area contributed by atoms with E-state index >= 15 is 0 Å². The number of hydrogen-bond acceptors (Lipinski definition) is 3. The largest absolute Gasteiger partial charge is 0.493 e. The SMILES string of the molecule is C=CCc1ccc(OCCCn2c(Cc3ccccc3)nc3ccccc32)c(OC)c1. The molecule has 0 aliphatic heterocycles. The number of methoxy groups -OCH3 is 1. The first kappa shape index (κ1) is 20.7. The van der Waals surface area contributed by atoms with Crippen molar-refractivity contribution in [1.82, 2.24) is 9.55 Å². The summed E-state index contributed by atoms with van der Waals surface area (Å²) in [5.74, 6) is 2.62. The van der Waals surface area contributed by atoms with Crippen LogP contribution in [0.3, 0.4) is 0 Å². The quantitative estimate of drug-likeness (QED) is 0.243. The molecular formula is C27H28N2O2. The van der Waals surface area contributed by atoms with Gasteiger partial charge in [0.2, 0.25) is 0 Å². The highest BCUT2D eigenvalue weighted by molar-refractivity contribution is 5.76. The molecule has 0 fully saturated rings. The highest BCUT2D eigenvalue weighted by atomic mass is 16.5. The number of para-hydroxylation sites is 2. The molecule has 3 aromatic carbocycles. The number of nitrogens with zero attached hydrogens (tertiary/aromatic N) is 2. The summed E-state index contributed by atoms with van der Waals surface area (Å²) in [5, 5.41) is 0. The zero-order chi connectivity index (χ0) is 21.5. The zero-order valence-corrected chi connectivity index (χ0v) is 18.0. The van der Waals surface area contributed by atoms with Gasteiger partial charge in [0.25, 0.3) is 0 Å². The molecule has 4 heteroatoms. The number of benzene rings is 3. The van der Waals surface area contributed by atoms with Crippen LogP contribution in [0.15, 0.2) is 85.5 Å². The summed E-state index contributed by atoms with van der Waals surface area (Å²) >= 11 is 0. The van der Waals surface area contributed by atoms with Crippen LogP contribution >= 0.6 is 0 Å². The highest BCUT2D eigenvalue weighted by Crippen LogP contribution is 2.28. The van der Waals surface area contributed by atoms with Crippen LogP contribution in [-0.4, -0.2) is 23.3 Å². The van der Waals surface area contributed by atoms with Gasteiger partial charge in [0, 0.05) is 13.0 Å². The summed E-state index contributed by atoms with van der Waals surface area (Å²) in [5.41, 5.74) is 4.63. The average Bonchev–Trinajstić information content (AvgIpc) is 3.15. The lowest BCUT2D eigenvalue weighted by Gasteiger charge is -2.13. The van der Waals surface area contributed by atoms with Crippen LogP contribution < -0.4 is 9.47 Å². The Morgan fingerprint density at radius 1 is 0.935 bits per heavy atom. The monoisotopic (exact) mass is 412 g/mol. The lowest BCUT2D eigenvalue weighted by molar-refractivity contribution is 0.282. The predicted octanol–water partition coefficient (Wildman–Crippen LogP) is 5.83. The van der Waals surface area contributed by atoms with Gasteiger partial charge in [-0.1, -0.05) is 54.6 Å². The van der Waals surface area contributed by atoms with E-state index in [1.165, 1.54) is 11.1 Å². The number of aromatic nitrogens is 2. The molecule has 0 amide bonds. The van der Waals surface area contributed by atoms with Gasteiger partial charge in [-0.2, -0.15) is 0 Å². The number of ether oxygens (including phenoxy) is 2. The van der Waals surface area contributed by atoms with Gasteiger partial charge in [-0.15, -0.1) is 6.58 Å². The standard InChI is InChI=1S/C27H28N2O2/c1-3-10-21-15-16-25(26(19-21)30-2)31-18-9-17-29-24-14-8-7-13-23(24)28-27(29)20-22-11-5-4-6-12-22/h3-8,11-16,19H,1,9-10,17-18,20H2,2H3. The molecule has 158 valence electrons. The molecule has 0 atom stereocenters. The normalized spacial score (nSPS) is 10.9. The molecule has 0 unspecified atom stereocenters. The van der Waals surface area contributed by atoms with E-state index in [0.29, 0.717) is 6.61 Å². The lowest BCUT2D eigenvalue weighted by Crippen LogP contribution is -2.09. The summed E-state index contributed by atoms with van der Waals surface area (Å²) in [6.45, 7) is 5.25. The van der Waals surface area contributed by atoms with E-state index in [2.05, 4.69) is 59.7 Å². The summed E-state index contributed by atoms with van der Waals surface area (Å²) in [4.78, 5) is 4.89. The van der Waals surface area contributed by atoms with Gasteiger partial charge < -0.3 is 14.0 Å². The third kappa shape index (κ3) is 4.97. The first-order valence-corrected chi connectivity index (χ1v) is 10.7. The van der Waals surface area contributed by atoms with E-state index in [1.54, 1.807) is 7.11 Å². The maximum Gasteiger partial charge on any atom is 0.161 e. The molecule has 0 aliphatic rings. The van der Waals surface area contributed by atoms with Gasteiger partial charge in [0.05, 0.1) is 24.8 Å². The van der Waals surface area contributed by atoms with Crippen LogP contribution in [0.25, 0.3) is 11.0 Å². The van der Waals surface area contributed by atoms with Crippen molar-refractivity contribution in [3.05, 3.63) is 102 Å². The molecular weight excluding hydrogens is 384 g/mol. The Balaban J connectivity index is 1.45. The van der Waals surface area contributed by atoms with Gasteiger partial charge in [-0.05, 0) is 48.2 Å². The Labute approximate surface area is 183 Å². The van der Waals surface area contributed by atoms with Gasteiger partial charge in [0.1, 0.15) is 5.82 Å². The van der Waals surface area contributed by atoms with Crippen molar-refractivity contribution < 1.29 is 9.47 Å². The number of hydrogen-bond donors (Lipinski definition) is 0. The molecule has 4 nitrogen and oxygen atoms in total. The molecule has 4 aromatic rings. The topological polar surface area (TPSA) is 36.3 Å². The second-order valence-electron chi connectivity index (χ2n) is 7.51. The third-order valence-electron chi connectivity index (χ3n) is 5.33. The number of rotatable bonds is 10. The molecule has 1 heterocycles. The molecule has 0 saturated heterocycles. The van der Waals surface area contributed by atoms with E-state index in [-0.39, 0.29) is 0 Å². The Hall–Kier alpha value is -3.53. The van der Waals surface area contributed by atoms with Crippen LogP contribution in [0.5, 0.6) is 11.5 Å². The van der Waals surface area contributed by atoms with Gasteiger partial charge in [-0.25, -0.2) is 4.98 Å².